The fourth-order valence-electron chi connectivity index (χ4n) is 4.98. The van der Waals surface area contributed by atoms with E-state index in [1.165, 1.54) is 32.4 Å². The maximum Gasteiger partial charge on any atom is 0.257 e. The Labute approximate surface area is 181 Å². The van der Waals surface area contributed by atoms with Crippen LogP contribution in [-0.4, -0.2) is 37.0 Å². The molecule has 156 valence electrons. The average Bonchev–Trinajstić information content (AvgIpc) is 3.47. The lowest BCUT2D eigenvalue weighted by Crippen LogP contribution is -2.24. The number of carbonyl (C=O) groups is 1. The minimum Gasteiger partial charge on any atom is -0.494 e. The zero-order chi connectivity index (χ0) is 20.3. The minimum atomic E-state index is -0.0727. The smallest absolute Gasteiger partial charge is 0.257 e. The number of anilines is 1. The summed E-state index contributed by atoms with van der Waals surface area (Å²) in [4.78, 5) is 15.3. The first kappa shape index (κ1) is 19.6. The van der Waals surface area contributed by atoms with Crippen molar-refractivity contribution >= 4 is 33.0 Å². The first-order chi connectivity index (χ1) is 14.8. The molecule has 1 aliphatic carbocycles. The number of hydrogen-bond acceptors (Lipinski definition) is 4. The summed E-state index contributed by atoms with van der Waals surface area (Å²) in [5.41, 5.74) is 1.51. The Hall–Kier alpha value is -2.37. The molecule has 30 heavy (non-hydrogen) atoms. The predicted octanol–water partition coefficient (Wildman–Crippen LogP) is 5.65. The van der Waals surface area contributed by atoms with Crippen molar-refractivity contribution in [2.24, 2.45) is 11.8 Å². The summed E-state index contributed by atoms with van der Waals surface area (Å²) in [6.45, 7) is 4.45. The second-order valence-corrected chi connectivity index (χ2v) is 9.45. The molecule has 1 saturated carbocycles. The molecule has 1 aromatic heterocycles. The molecule has 0 radical (unpaired) electrons. The summed E-state index contributed by atoms with van der Waals surface area (Å²) in [7, 11) is 0. The normalized spacial score (nSPS) is 21.1. The number of nitrogens with one attached hydrogen (secondary N) is 1. The van der Waals surface area contributed by atoms with Crippen LogP contribution >= 0.6 is 11.3 Å². The summed E-state index contributed by atoms with van der Waals surface area (Å²) >= 11 is 1.60. The molecule has 0 spiro atoms. The van der Waals surface area contributed by atoms with Crippen molar-refractivity contribution < 1.29 is 9.53 Å². The quantitative estimate of drug-likeness (QED) is 0.502. The fraction of sp³-hybridized carbons (Fsp3) is 0.400. The Bertz CT molecular complexity index is 1000. The molecule has 1 amide bonds. The molecule has 2 aliphatic rings. The van der Waals surface area contributed by atoms with Crippen molar-refractivity contribution in [3.05, 3.63) is 59.5 Å². The number of amides is 1. The van der Waals surface area contributed by atoms with Crippen LogP contribution < -0.4 is 10.1 Å². The molecule has 4 nitrogen and oxygen atoms in total. The molecule has 5 heteroatoms. The molecule has 1 saturated heterocycles. The van der Waals surface area contributed by atoms with Crippen LogP contribution in [0.1, 0.15) is 36.0 Å². The number of ether oxygens (including phenoxy) is 1. The molecular formula is C25H28N2O2S. The van der Waals surface area contributed by atoms with Crippen LogP contribution in [0.3, 0.4) is 0 Å². The Balaban J connectivity index is 1.08. The summed E-state index contributed by atoms with van der Waals surface area (Å²) < 4.78 is 7.04. The van der Waals surface area contributed by atoms with Gasteiger partial charge in [0.1, 0.15) is 5.75 Å². The highest BCUT2D eigenvalue weighted by molar-refractivity contribution is 7.17. The lowest BCUT2D eigenvalue weighted by molar-refractivity contribution is 0.102. The monoisotopic (exact) mass is 420 g/mol. The lowest BCUT2D eigenvalue weighted by Gasteiger charge is -2.16. The Morgan fingerprint density at radius 3 is 2.63 bits per heavy atom. The fourth-order valence-corrected chi connectivity index (χ4v) is 5.92. The second kappa shape index (κ2) is 8.78. The average molecular weight is 421 g/mol. The second-order valence-electron chi connectivity index (χ2n) is 8.54. The molecule has 5 rings (SSSR count). The summed E-state index contributed by atoms with van der Waals surface area (Å²) in [6.07, 6.45) is 5.36. The van der Waals surface area contributed by atoms with Crippen molar-refractivity contribution in [2.75, 3.05) is 31.6 Å². The number of benzene rings is 2. The van der Waals surface area contributed by atoms with Gasteiger partial charge >= 0.3 is 0 Å². The van der Waals surface area contributed by atoms with Gasteiger partial charge in [0.25, 0.3) is 5.91 Å². The van der Waals surface area contributed by atoms with E-state index in [9.17, 15) is 4.79 Å². The number of nitrogens with zero attached hydrogens (tertiary/aromatic N) is 1. The van der Waals surface area contributed by atoms with E-state index >= 15 is 0 Å². The van der Waals surface area contributed by atoms with E-state index in [0.717, 1.165) is 58.5 Å². The van der Waals surface area contributed by atoms with Crippen LogP contribution in [0.15, 0.2) is 53.9 Å². The lowest BCUT2D eigenvalue weighted by atomic mass is 10.0. The Morgan fingerprint density at radius 2 is 1.83 bits per heavy atom. The van der Waals surface area contributed by atoms with Crippen LogP contribution in [0.2, 0.25) is 0 Å². The molecule has 0 bridgehead atoms. The number of fused-ring (bicyclic) bond motifs is 2. The predicted molar refractivity (Wildman–Crippen MR) is 124 cm³/mol. The first-order valence-corrected chi connectivity index (χ1v) is 11.9. The maximum atomic E-state index is 12.6. The van der Waals surface area contributed by atoms with Crippen molar-refractivity contribution in [3.63, 3.8) is 0 Å². The van der Waals surface area contributed by atoms with Gasteiger partial charge in [-0.25, -0.2) is 0 Å². The van der Waals surface area contributed by atoms with E-state index in [0.29, 0.717) is 0 Å². The topological polar surface area (TPSA) is 41.6 Å². The maximum absolute atomic E-state index is 12.6. The molecule has 1 N–H and O–H groups in total. The van der Waals surface area contributed by atoms with E-state index in [1.54, 1.807) is 11.3 Å². The zero-order valence-electron chi connectivity index (χ0n) is 17.2. The molecular weight excluding hydrogens is 392 g/mol. The highest BCUT2D eigenvalue weighted by atomic mass is 32.1. The highest BCUT2D eigenvalue weighted by Crippen LogP contribution is 2.37. The van der Waals surface area contributed by atoms with Crippen LogP contribution in [0.5, 0.6) is 5.75 Å². The van der Waals surface area contributed by atoms with E-state index in [4.69, 9.17) is 4.74 Å². The molecule has 2 aromatic carbocycles. The molecule has 3 aromatic rings. The zero-order valence-corrected chi connectivity index (χ0v) is 18.0. The van der Waals surface area contributed by atoms with Gasteiger partial charge in [-0.2, -0.15) is 0 Å². The number of carbonyl (C=O) groups excluding carboxylic acids is 1. The van der Waals surface area contributed by atoms with Crippen molar-refractivity contribution in [1.29, 1.82) is 0 Å². The third-order valence-electron chi connectivity index (χ3n) is 6.53. The van der Waals surface area contributed by atoms with Gasteiger partial charge < -0.3 is 15.0 Å². The third kappa shape index (κ3) is 4.23. The van der Waals surface area contributed by atoms with Gasteiger partial charge in [0.05, 0.1) is 12.2 Å². The number of rotatable bonds is 7. The standard InChI is InChI=1S/C25H28N2O2S/c28-25(23-17-30-24-8-2-1-7-22(23)24)26-20-9-11-21(12-10-20)29-14-4-13-27-15-18-5-3-6-19(18)16-27/h1-2,7-12,17-19H,3-6,13-16H2,(H,26,28). The molecule has 1 aliphatic heterocycles. The van der Waals surface area contributed by atoms with Gasteiger partial charge in [0.2, 0.25) is 0 Å². The van der Waals surface area contributed by atoms with Gasteiger partial charge in [-0.15, -0.1) is 11.3 Å². The van der Waals surface area contributed by atoms with E-state index in [2.05, 4.69) is 10.2 Å². The highest BCUT2D eigenvalue weighted by Gasteiger charge is 2.35. The van der Waals surface area contributed by atoms with Gasteiger partial charge in [-0.1, -0.05) is 24.6 Å². The molecule has 2 heterocycles. The van der Waals surface area contributed by atoms with Crippen LogP contribution in [0, 0.1) is 11.8 Å². The Kier molecular flexibility index (Phi) is 5.73. The van der Waals surface area contributed by atoms with Gasteiger partial charge in [0, 0.05) is 40.8 Å². The van der Waals surface area contributed by atoms with Crippen LogP contribution in [0.25, 0.3) is 10.1 Å². The van der Waals surface area contributed by atoms with Crippen LogP contribution in [-0.2, 0) is 0 Å². The van der Waals surface area contributed by atoms with Crippen LogP contribution in [0.4, 0.5) is 5.69 Å². The number of likely N-dealkylation sites (tertiary alicyclic amines) is 1. The van der Waals surface area contributed by atoms with Crippen molar-refractivity contribution in [3.8, 4) is 5.75 Å². The van der Waals surface area contributed by atoms with Crippen molar-refractivity contribution in [2.45, 2.75) is 25.7 Å². The molecule has 2 fully saturated rings. The van der Waals surface area contributed by atoms with Gasteiger partial charge in [0.15, 0.2) is 0 Å². The first-order valence-electron chi connectivity index (χ1n) is 11.0. The largest absolute Gasteiger partial charge is 0.494 e. The van der Waals surface area contributed by atoms with Crippen molar-refractivity contribution in [1.82, 2.24) is 4.90 Å². The summed E-state index contributed by atoms with van der Waals surface area (Å²) in [5.74, 6) is 2.70. The van der Waals surface area contributed by atoms with E-state index in [-0.39, 0.29) is 5.91 Å². The van der Waals surface area contributed by atoms with Gasteiger partial charge in [-0.3, -0.25) is 4.79 Å². The third-order valence-corrected chi connectivity index (χ3v) is 7.49. The molecule has 2 atom stereocenters. The van der Waals surface area contributed by atoms with E-state index < -0.39 is 0 Å². The van der Waals surface area contributed by atoms with Gasteiger partial charge in [-0.05, 0) is 61.4 Å². The Morgan fingerprint density at radius 1 is 1.07 bits per heavy atom. The SMILES string of the molecule is O=C(Nc1ccc(OCCCN2CC3CCCC3C2)cc1)c1csc2ccccc12. The number of thiophene rings is 1. The molecule has 2 unspecified atom stereocenters. The summed E-state index contributed by atoms with van der Waals surface area (Å²) in [5, 5.41) is 5.92. The number of hydrogen-bond donors (Lipinski definition) is 1. The van der Waals surface area contributed by atoms with E-state index in [1.807, 2.05) is 53.9 Å². The minimum absolute atomic E-state index is 0.0727. The summed E-state index contributed by atoms with van der Waals surface area (Å²) in [6, 6.07) is 15.7.